The fraction of sp³-hybridized carbons (Fsp3) is 0.444. The van der Waals surface area contributed by atoms with Crippen molar-refractivity contribution in [2.75, 3.05) is 13.2 Å². The third kappa shape index (κ3) is 5.03. The van der Waals surface area contributed by atoms with E-state index in [1.165, 1.54) is 0 Å². The number of ether oxygens (including phenoxy) is 1. The zero-order valence-electron chi connectivity index (χ0n) is 19.8. The zero-order chi connectivity index (χ0) is 25.0. The minimum Gasteiger partial charge on any atom is -0.480 e. The summed E-state index contributed by atoms with van der Waals surface area (Å²) in [7, 11) is 0. The largest absolute Gasteiger partial charge is 0.480 e. The average Bonchev–Trinajstić information content (AvgIpc) is 3.17. The van der Waals surface area contributed by atoms with Gasteiger partial charge in [0.2, 0.25) is 5.91 Å². The van der Waals surface area contributed by atoms with Crippen LogP contribution in [0.15, 0.2) is 48.5 Å². The molecule has 2 unspecified atom stereocenters. The monoisotopic (exact) mass is 480 g/mol. The Morgan fingerprint density at radius 3 is 2.29 bits per heavy atom. The number of benzene rings is 2. The van der Waals surface area contributed by atoms with E-state index in [0.29, 0.717) is 12.8 Å². The third-order valence-corrected chi connectivity index (χ3v) is 7.38. The van der Waals surface area contributed by atoms with Crippen LogP contribution in [0.25, 0.3) is 11.1 Å². The first kappa shape index (κ1) is 24.7. The van der Waals surface area contributed by atoms with Crippen LogP contribution >= 0.6 is 0 Å². The molecule has 35 heavy (non-hydrogen) atoms. The van der Waals surface area contributed by atoms with Crippen LogP contribution < -0.4 is 10.6 Å². The predicted molar refractivity (Wildman–Crippen MR) is 130 cm³/mol. The Balaban J connectivity index is 1.42. The van der Waals surface area contributed by atoms with Gasteiger partial charge >= 0.3 is 12.1 Å². The van der Waals surface area contributed by atoms with Gasteiger partial charge in [-0.25, -0.2) is 9.59 Å². The topological polar surface area (TPSA) is 125 Å². The summed E-state index contributed by atoms with van der Waals surface area (Å²) in [6.45, 7) is 1.57. The van der Waals surface area contributed by atoms with Gasteiger partial charge in [-0.1, -0.05) is 61.4 Å². The van der Waals surface area contributed by atoms with E-state index >= 15 is 0 Å². The van der Waals surface area contributed by atoms with E-state index in [-0.39, 0.29) is 25.6 Å². The van der Waals surface area contributed by atoms with Gasteiger partial charge in [-0.3, -0.25) is 4.79 Å². The molecule has 2 aliphatic carbocycles. The highest BCUT2D eigenvalue weighted by Crippen LogP contribution is 2.44. The third-order valence-electron chi connectivity index (χ3n) is 7.38. The molecule has 0 aliphatic heterocycles. The van der Waals surface area contributed by atoms with E-state index in [1.54, 1.807) is 6.92 Å². The number of rotatable bonds is 8. The van der Waals surface area contributed by atoms with Crippen molar-refractivity contribution in [3.8, 4) is 11.1 Å². The molecule has 0 saturated heterocycles. The van der Waals surface area contributed by atoms with E-state index in [2.05, 4.69) is 34.9 Å². The zero-order valence-corrected chi connectivity index (χ0v) is 19.8. The van der Waals surface area contributed by atoms with E-state index in [9.17, 15) is 19.5 Å². The molecule has 0 bridgehead atoms. The molecule has 1 saturated carbocycles. The lowest BCUT2D eigenvalue weighted by Gasteiger charge is -2.40. The van der Waals surface area contributed by atoms with Gasteiger partial charge in [0, 0.05) is 25.0 Å². The van der Waals surface area contributed by atoms with Crippen LogP contribution in [-0.4, -0.2) is 53.5 Å². The maximum Gasteiger partial charge on any atom is 0.407 e. The van der Waals surface area contributed by atoms with Crippen molar-refractivity contribution in [1.29, 1.82) is 0 Å². The molecular weight excluding hydrogens is 448 g/mol. The SMILES string of the molecule is CC1(C(=O)N[C@@H](CCO)C(=O)O)CCCCC1NC(=O)OCC1c2ccccc2-c2ccccc21. The fourth-order valence-electron chi connectivity index (χ4n) is 5.33. The minimum absolute atomic E-state index is 0.0657. The number of carboxylic acids is 1. The van der Waals surface area contributed by atoms with Crippen LogP contribution in [0.1, 0.15) is 56.1 Å². The van der Waals surface area contributed by atoms with Crippen molar-refractivity contribution in [1.82, 2.24) is 10.6 Å². The molecule has 3 atom stereocenters. The lowest BCUT2D eigenvalue weighted by Crippen LogP contribution is -2.58. The Kier molecular flexibility index (Phi) is 7.40. The number of carboxylic acid groups (broad SMARTS) is 1. The molecule has 0 heterocycles. The van der Waals surface area contributed by atoms with Crippen molar-refractivity contribution < 1.29 is 29.3 Å². The summed E-state index contributed by atoms with van der Waals surface area (Å²) >= 11 is 0. The van der Waals surface area contributed by atoms with Gasteiger partial charge in [-0.15, -0.1) is 0 Å². The molecule has 0 radical (unpaired) electrons. The fourth-order valence-corrected chi connectivity index (χ4v) is 5.33. The van der Waals surface area contributed by atoms with Crippen molar-refractivity contribution in [3.05, 3.63) is 59.7 Å². The number of carbonyl (C=O) groups is 3. The first-order valence-electron chi connectivity index (χ1n) is 12.1. The molecule has 8 nitrogen and oxygen atoms in total. The smallest absolute Gasteiger partial charge is 0.407 e. The number of nitrogens with one attached hydrogen (secondary N) is 2. The molecule has 186 valence electrons. The van der Waals surface area contributed by atoms with Gasteiger partial charge in [0.25, 0.3) is 0 Å². The molecule has 2 aromatic carbocycles. The van der Waals surface area contributed by atoms with Gasteiger partial charge in [0.1, 0.15) is 12.6 Å². The summed E-state index contributed by atoms with van der Waals surface area (Å²) in [4.78, 5) is 37.4. The van der Waals surface area contributed by atoms with Crippen molar-refractivity contribution in [2.24, 2.45) is 5.41 Å². The van der Waals surface area contributed by atoms with Gasteiger partial charge < -0.3 is 25.6 Å². The van der Waals surface area contributed by atoms with Crippen LogP contribution in [-0.2, 0) is 14.3 Å². The molecule has 8 heteroatoms. The highest BCUT2D eigenvalue weighted by Gasteiger charge is 2.45. The van der Waals surface area contributed by atoms with Crippen LogP contribution in [0.4, 0.5) is 4.79 Å². The van der Waals surface area contributed by atoms with Gasteiger partial charge in [0.05, 0.1) is 5.41 Å². The summed E-state index contributed by atoms with van der Waals surface area (Å²) in [6.07, 6.45) is 2.07. The average molecular weight is 481 g/mol. The van der Waals surface area contributed by atoms with E-state index < -0.39 is 35.5 Å². The second-order valence-electron chi connectivity index (χ2n) is 9.56. The van der Waals surface area contributed by atoms with Crippen LogP contribution in [0, 0.1) is 5.41 Å². The van der Waals surface area contributed by atoms with Crippen molar-refractivity contribution in [3.63, 3.8) is 0 Å². The minimum atomic E-state index is -1.20. The second kappa shape index (κ2) is 10.5. The van der Waals surface area contributed by atoms with Crippen LogP contribution in [0.3, 0.4) is 0 Å². The Labute approximate surface area is 204 Å². The van der Waals surface area contributed by atoms with Gasteiger partial charge in [-0.05, 0) is 42.0 Å². The van der Waals surface area contributed by atoms with E-state index in [4.69, 9.17) is 9.84 Å². The van der Waals surface area contributed by atoms with Crippen LogP contribution in [0.5, 0.6) is 0 Å². The maximum absolute atomic E-state index is 13.1. The molecule has 4 N–H and O–H groups in total. The standard InChI is InChI=1S/C27H32N2O6/c1-27(25(33)28-22(13-15-30)24(31)32)14-7-6-12-23(27)29-26(34)35-16-21-19-10-4-2-8-17(19)18-9-3-5-11-20(18)21/h2-5,8-11,21-23,30H,6-7,12-16H2,1H3,(H,28,33)(H,29,34)(H,31,32)/t22-,23?,27?/m0/s1. The first-order chi connectivity index (χ1) is 16.8. The number of amides is 2. The maximum atomic E-state index is 13.1. The number of fused-ring (bicyclic) bond motifs is 3. The normalized spacial score (nSPS) is 21.9. The molecular formula is C27H32N2O6. The van der Waals surface area contributed by atoms with E-state index in [0.717, 1.165) is 35.1 Å². The molecule has 2 amide bonds. The Morgan fingerprint density at radius 2 is 1.69 bits per heavy atom. The number of hydrogen-bond donors (Lipinski definition) is 4. The molecule has 2 aliphatic rings. The molecule has 1 fully saturated rings. The number of aliphatic hydroxyl groups is 1. The van der Waals surface area contributed by atoms with E-state index in [1.807, 2.05) is 24.3 Å². The van der Waals surface area contributed by atoms with Gasteiger partial charge in [0.15, 0.2) is 0 Å². The van der Waals surface area contributed by atoms with Crippen molar-refractivity contribution >= 4 is 18.0 Å². The number of aliphatic hydroxyl groups excluding tert-OH is 1. The lowest BCUT2D eigenvalue weighted by atomic mass is 9.71. The predicted octanol–water partition coefficient (Wildman–Crippen LogP) is 3.43. The quantitative estimate of drug-likeness (QED) is 0.459. The number of alkyl carbamates (subject to hydrolysis) is 1. The molecule has 2 aromatic rings. The summed E-state index contributed by atoms with van der Waals surface area (Å²) in [5, 5.41) is 23.9. The second-order valence-corrected chi connectivity index (χ2v) is 9.56. The Bertz CT molecular complexity index is 1060. The molecule has 0 spiro atoms. The van der Waals surface area contributed by atoms with Crippen molar-refractivity contribution in [2.45, 2.75) is 57.0 Å². The summed E-state index contributed by atoms with van der Waals surface area (Å²) in [5.74, 6) is -1.71. The number of hydrogen-bond acceptors (Lipinski definition) is 5. The molecule has 4 rings (SSSR count). The highest BCUT2D eigenvalue weighted by molar-refractivity contribution is 5.88. The lowest BCUT2D eigenvalue weighted by molar-refractivity contribution is -0.145. The van der Waals surface area contributed by atoms with Crippen LogP contribution in [0.2, 0.25) is 0 Å². The first-order valence-corrected chi connectivity index (χ1v) is 12.1. The number of carbonyl (C=O) groups excluding carboxylic acids is 2. The summed E-state index contributed by atoms with van der Waals surface area (Å²) in [5.41, 5.74) is 3.54. The molecule has 0 aromatic heterocycles. The summed E-state index contributed by atoms with van der Waals surface area (Å²) < 4.78 is 5.66. The summed E-state index contributed by atoms with van der Waals surface area (Å²) in [6, 6.07) is 14.5. The Morgan fingerprint density at radius 1 is 1.06 bits per heavy atom. The highest BCUT2D eigenvalue weighted by atomic mass is 16.5. The number of aliphatic carboxylic acids is 1. The Hall–Kier alpha value is -3.39. The van der Waals surface area contributed by atoms with Gasteiger partial charge in [-0.2, -0.15) is 0 Å².